The molecule has 1 aromatic rings. The van der Waals surface area contributed by atoms with Crippen molar-refractivity contribution >= 4 is 96.9 Å². The monoisotopic (exact) mass is 863 g/mol. The Kier molecular flexibility index (Phi) is 13.6. The van der Waals surface area contributed by atoms with Crippen LogP contribution in [0.1, 0.15) is 24.2 Å². The molecule has 1 aliphatic rings. The van der Waals surface area contributed by atoms with Crippen LogP contribution in [0.15, 0.2) is 0 Å². The maximum atomic E-state index is 13.0. The van der Waals surface area contributed by atoms with Gasteiger partial charge in [0.05, 0.1) is 54.1 Å². The number of benzene rings is 1. The van der Waals surface area contributed by atoms with Gasteiger partial charge in [0.25, 0.3) is 5.91 Å². The average molecular weight is 863 g/mol. The lowest BCUT2D eigenvalue weighted by molar-refractivity contribution is -0.302. The maximum absolute atomic E-state index is 13.0. The molecule has 0 aromatic heterocycles. The number of halogens is 3. The van der Waals surface area contributed by atoms with Gasteiger partial charge in [-0.15, -0.1) is 0 Å². The van der Waals surface area contributed by atoms with Crippen molar-refractivity contribution in [1.29, 1.82) is 0 Å². The lowest BCUT2D eigenvalue weighted by Gasteiger charge is -2.39. The van der Waals surface area contributed by atoms with Gasteiger partial charge in [0.15, 0.2) is 6.29 Å². The highest BCUT2D eigenvalue weighted by Crippen LogP contribution is 2.38. The largest absolute Gasteiger partial charge is 0.394 e. The van der Waals surface area contributed by atoms with E-state index >= 15 is 0 Å². The van der Waals surface area contributed by atoms with Gasteiger partial charge in [-0.25, -0.2) is 0 Å². The van der Waals surface area contributed by atoms with E-state index in [1.165, 1.54) is 13.8 Å². The highest BCUT2D eigenvalue weighted by molar-refractivity contribution is 14.1. The Morgan fingerprint density at radius 1 is 0.865 bits per heavy atom. The molecule has 16 heteroatoms. The van der Waals surface area contributed by atoms with Crippen LogP contribution >= 0.6 is 67.8 Å². The number of rotatable bonds is 11. The van der Waals surface area contributed by atoms with Crippen LogP contribution in [0.25, 0.3) is 0 Å². The van der Waals surface area contributed by atoms with E-state index in [0.29, 0.717) is 27.6 Å². The Morgan fingerprint density at radius 3 is 1.95 bits per heavy atom. The molecule has 2 unspecified atom stereocenters. The van der Waals surface area contributed by atoms with Crippen LogP contribution in [0.2, 0.25) is 0 Å². The zero-order valence-corrected chi connectivity index (χ0v) is 26.3. The maximum Gasteiger partial charge on any atom is 0.253 e. The summed E-state index contributed by atoms with van der Waals surface area (Å²) in [6.45, 7) is 2.45. The number of carbonyl (C=O) groups is 3. The molecule has 7 N–H and O–H groups in total. The van der Waals surface area contributed by atoms with Gasteiger partial charge in [0.2, 0.25) is 11.8 Å². The Hall–Kier alpha value is -0.460. The molecule has 0 saturated carbocycles. The second kappa shape index (κ2) is 15.4. The van der Waals surface area contributed by atoms with Gasteiger partial charge in [-0.2, -0.15) is 0 Å². The van der Waals surface area contributed by atoms with Gasteiger partial charge < -0.3 is 50.6 Å². The number of hydrogen-bond donors (Lipinski definition) is 7. The standard InChI is InChI=1S/C21H28I3N3O10/c1-8(29)26-15-12(22)11(13(23)16(14(15)24)27-9(2)30)20(34)25-3-4-35-5-6-36-21-19(33)18(32)17(31)10(7-28)37-21/h10,17-19,21,28,31-33H,3-7H2,1-2H3,(H,25,34)(H,26,29)(H,27,30)/t10?,17-,18-,19?,21+/m0/s1. The van der Waals surface area contributed by atoms with E-state index in [1.54, 1.807) is 0 Å². The Balaban J connectivity index is 1.92. The van der Waals surface area contributed by atoms with Gasteiger partial charge in [0, 0.05) is 20.4 Å². The molecule has 0 aliphatic carbocycles. The summed E-state index contributed by atoms with van der Waals surface area (Å²) in [5.74, 6) is -1.07. The fraction of sp³-hybridized carbons (Fsp3) is 0.571. The molecule has 2 rings (SSSR count). The Morgan fingerprint density at radius 2 is 1.43 bits per heavy atom. The van der Waals surface area contributed by atoms with Gasteiger partial charge in [-0.05, 0) is 67.8 Å². The van der Waals surface area contributed by atoms with Crippen LogP contribution < -0.4 is 16.0 Å². The molecule has 1 aromatic carbocycles. The van der Waals surface area contributed by atoms with Gasteiger partial charge >= 0.3 is 0 Å². The molecule has 5 atom stereocenters. The zero-order chi connectivity index (χ0) is 27.9. The summed E-state index contributed by atoms with van der Waals surface area (Å²) < 4.78 is 17.6. The quantitative estimate of drug-likeness (QED) is 0.118. The number of nitrogens with one attached hydrogen (secondary N) is 3. The van der Waals surface area contributed by atoms with Crippen molar-refractivity contribution in [2.75, 3.05) is 43.6 Å². The second-order valence-corrected chi connectivity index (χ2v) is 11.1. The molecule has 208 valence electrons. The minimum atomic E-state index is -1.53. The predicted octanol–water partition coefficient (Wildman–Crippen LogP) is -0.0199. The fourth-order valence-electron chi connectivity index (χ4n) is 3.29. The summed E-state index contributed by atoms with van der Waals surface area (Å²) >= 11 is 5.95. The number of carbonyl (C=O) groups excluding carboxylic acids is 3. The van der Waals surface area contributed by atoms with Crippen molar-refractivity contribution in [1.82, 2.24) is 5.32 Å². The summed E-state index contributed by atoms with van der Waals surface area (Å²) in [5.41, 5.74) is 1.13. The molecule has 13 nitrogen and oxygen atoms in total. The molecule has 1 heterocycles. The van der Waals surface area contributed by atoms with Gasteiger partial charge in [0.1, 0.15) is 24.4 Å². The van der Waals surface area contributed by atoms with Crippen LogP contribution in [-0.4, -0.2) is 102 Å². The molecule has 0 bridgehead atoms. The fourth-order valence-corrected chi connectivity index (χ4v) is 7.49. The lowest BCUT2D eigenvalue weighted by Crippen LogP contribution is -2.59. The number of hydrogen-bond acceptors (Lipinski definition) is 10. The number of ether oxygens (including phenoxy) is 3. The normalized spacial score (nSPS) is 23.4. The van der Waals surface area contributed by atoms with Crippen LogP contribution in [0.4, 0.5) is 11.4 Å². The van der Waals surface area contributed by atoms with Crippen molar-refractivity contribution in [2.24, 2.45) is 0 Å². The first kappa shape index (κ1) is 32.8. The highest BCUT2D eigenvalue weighted by atomic mass is 127. The Bertz CT molecular complexity index is 954. The van der Waals surface area contributed by atoms with E-state index in [4.69, 9.17) is 14.2 Å². The predicted molar refractivity (Wildman–Crippen MR) is 156 cm³/mol. The molecule has 1 aliphatic heterocycles. The van der Waals surface area contributed by atoms with E-state index in [9.17, 15) is 34.8 Å². The molecule has 1 saturated heterocycles. The first-order valence-electron chi connectivity index (χ1n) is 10.9. The van der Waals surface area contributed by atoms with Crippen LogP contribution in [-0.2, 0) is 23.8 Å². The molecule has 37 heavy (non-hydrogen) atoms. The van der Waals surface area contributed by atoms with Gasteiger partial charge in [-0.1, -0.05) is 0 Å². The third-order valence-electron chi connectivity index (χ3n) is 5.04. The van der Waals surface area contributed by atoms with Gasteiger partial charge in [-0.3, -0.25) is 14.4 Å². The van der Waals surface area contributed by atoms with Crippen molar-refractivity contribution in [3.63, 3.8) is 0 Å². The molecule has 0 spiro atoms. The summed E-state index contributed by atoms with van der Waals surface area (Å²) in [4.78, 5) is 36.4. The minimum absolute atomic E-state index is 0.0241. The smallest absolute Gasteiger partial charge is 0.253 e. The second-order valence-electron chi connectivity index (χ2n) is 7.87. The SMILES string of the molecule is CC(=O)Nc1c(I)c(NC(C)=O)c(I)c(C(=O)NCCOCCO[C@@H]2OC(CO)[C@H](O)[C@H](O)C2O)c1I. The number of amides is 3. The summed E-state index contributed by atoms with van der Waals surface area (Å²) in [6.07, 6.45) is -6.82. The van der Waals surface area contributed by atoms with E-state index in [1.807, 2.05) is 67.8 Å². The first-order chi connectivity index (χ1) is 17.4. The molecule has 3 amide bonds. The third kappa shape index (κ3) is 8.76. The third-order valence-corrected chi connectivity index (χ3v) is 8.27. The average Bonchev–Trinajstić information content (AvgIpc) is 2.83. The van der Waals surface area contributed by atoms with E-state index in [2.05, 4.69) is 16.0 Å². The summed E-state index contributed by atoms with van der Waals surface area (Å²) in [7, 11) is 0. The zero-order valence-electron chi connectivity index (χ0n) is 19.8. The van der Waals surface area contributed by atoms with Crippen molar-refractivity contribution < 1.29 is 49.0 Å². The lowest BCUT2D eigenvalue weighted by atomic mass is 9.99. The number of anilines is 2. The number of aliphatic hydroxyl groups is 4. The van der Waals surface area contributed by atoms with Crippen molar-refractivity contribution in [2.45, 2.75) is 44.6 Å². The minimum Gasteiger partial charge on any atom is -0.394 e. The van der Waals surface area contributed by atoms with E-state index < -0.39 is 43.2 Å². The molecule has 1 fully saturated rings. The Labute approximate surface area is 253 Å². The molecular weight excluding hydrogens is 835 g/mol. The van der Waals surface area contributed by atoms with Crippen LogP contribution in [0.5, 0.6) is 0 Å². The molecule has 0 radical (unpaired) electrons. The van der Waals surface area contributed by atoms with E-state index in [0.717, 1.165) is 0 Å². The molecular formula is C21H28I3N3O10. The van der Waals surface area contributed by atoms with Crippen molar-refractivity contribution in [3.8, 4) is 0 Å². The highest BCUT2D eigenvalue weighted by Gasteiger charge is 2.43. The van der Waals surface area contributed by atoms with E-state index in [-0.39, 0.29) is 38.2 Å². The van der Waals surface area contributed by atoms with Crippen LogP contribution in [0, 0.1) is 10.7 Å². The topological polar surface area (TPSA) is 196 Å². The summed E-state index contributed by atoms with van der Waals surface area (Å²) in [5, 5.41) is 46.9. The van der Waals surface area contributed by atoms with Crippen LogP contribution in [0.3, 0.4) is 0 Å². The first-order valence-corrected chi connectivity index (χ1v) is 14.2. The number of aliphatic hydroxyl groups excluding tert-OH is 4. The van der Waals surface area contributed by atoms with Crippen molar-refractivity contribution in [3.05, 3.63) is 16.3 Å². The summed E-state index contributed by atoms with van der Waals surface area (Å²) in [6, 6.07) is 0.